The van der Waals surface area contributed by atoms with Gasteiger partial charge in [-0.2, -0.15) is 4.98 Å². The standard InChI is InChI=1S/C19H16ClF2N5O2/c1-10-24-16(26-29-10)7-17-25-14-8-23-13-3-2-11(20)6-12(13)18(14)27(17)15-4-5-28-9-19(15,21)22/h2-3,6,8,15H,4-5,7,9H2,1H3. The number of nitrogens with zero attached hydrogens (tertiary/aromatic N) is 5. The van der Waals surface area contributed by atoms with Crippen molar-refractivity contribution < 1.29 is 18.0 Å². The molecular weight excluding hydrogens is 404 g/mol. The second-order valence-electron chi connectivity index (χ2n) is 7.08. The number of aryl methyl sites for hydroxylation is 1. The first-order valence-corrected chi connectivity index (χ1v) is 9.50. The Labute approximate surface area is 168 Å². The first kappa shape index (κ1) is 18.4. The van der Waals surface area contributed by atoms with Crippen LogP contribution in [0.2, 0.25) is 5.02 Å². The quantitative estimate of drug-likeness (QED) is 0.497. The first-order valence-electron chi connectivity index (χ1n) is 9.12. The molecule has 0 saturated carbocycles. The lowest BCUT2D eigenvalue weighted by Crippen LogP contribution is -2.41. The van der Waals surface area contributed by atoms with Crippen molar-refractivity contribution in [2.24, 2.45) is 0 Å². The third-order valence-electron chi connectivity index (χ3n) is 5.07. The molecular formula is C19H16ClF2N5O2. The van der Waals surface area contributed by atoms with E-state index in [9.17, 15) is 8.78 Å². The maximum Gasteiger partial charge on any atom is 0.291 e. The molecule has 1 unspecified atom stereocenters. The Kier molecular flexibility index (Phi) is 4.25. The Morgan fingerprint density at radius 2 is 2.14 bits per heavy atom. The molecule has 4 heterocycles. The zero-order valence-corrected chi connectivity index (χ0v) is 16.2. The number of hydrogen-bond acceptors (Lipinski definition) is 6. The van der Waals surface area contributed by atoms with Crippen molar-refractivity contribution in [2.45, 2.75) is 31.7 Å². The van der Waals surface area contributed by atoms with Gasteiger partial charge in [-0.25, -0.2) is 13.8 Å². The number of hydrogen-bond donors (Lipinski definition) is 0. The largest absolute Gasteiger partial charge is 0.375 e. The second kappa shape index (κ2) is 6.70. The van der Waals surface area contributed by atoms with Gasteiger partial charge in [0.05, 0.1) is 23.7 Å². The summed E-state index contributed by atoms with van der Waals surface area (Å²) in [6, 6.07) is 4.09. The molecule has 1 fully saturated rings. The van der Waals surface area contributed by atoms with Gasteiger partial charge in [-0.1, -0.05) is 16.8 Å². The van der Waals surface area contributed by atoms with Crippen molar-refractivity contribution in [2.75, 3.05) is 13.2 Å². The van der Waals surface area contributed by atoms with E-state index in [1.807, 2.05) is 0 Å². The van der Waals surface area contributed by atoms with Crippen LogP contribution in [0, 0.1) is 6.92 Å². The summed E-state index contributed by atoms with van der Waals surface area (Å²) in [6.45, 7) is 1.28. The molecule has 0 amide bonds. The van der Waals surface area contributed by atoms with Crippen molar-refractivity contribution in [3.8, 4) is 0 Å². The highest BCUT2D eigenvalue weighted by Crippen LogP contribution is 2.40. The Morgan fingerprint density at radius 3 is 2.90 bits per heavy atom. The molecule has 3 aromatic heterocycles. The van der Waals surface area contributed by atoms with E-state index in [4.69, 9.17) is 20.9 Å². The van der Waals surface area contributed by atoms with Gasteiger partial charge in [-0.15, -0.1) is 0 Å². The molecule has 1 aromatic carbocycles. The van der Waals surface area contributed by atoms with Crippen molar-refractivity contribution >= 4 is 33.5 Å². The topological polar surface area (TPSA) is 78.9 Å². The molecule has 4 aromatic rings. The molecule has 0 spiro atoms. The summed E-state index contributed by atoms with van der Waals surface area (Å²) in [4.78, 5) is 13.2. The van der Waals surface area contributed by atoms with Crippen LogP contribution in [0.15, 0.2) is 28.9 Å². The van der Waals surface area contributed by atoms with Gasteiger partial charge in [0.15, 0.2) is 5.82 Å². The molecule has 10 heteroatoms. The summed E-state index contributed by atoms with van der Waals surface area (Å²) >= 11 is 6.19. The molecule has 0 aliphatic carbocycles. The Bertz CT molecular complexity index is 1220. The van der Waals surface area contributed by atoms with Crippen molar-refractivity contribution in [1.82, 2.24) is 24.7 Å². The fourth-order valence-electron chi connectivity index (χ4n) is 3.84. The fourth-order valence-corrected chi connectivity index (χ4v) is 4.01. The van der Waals surface area contributed by atoms with Gasteiger partial charge in [0.25, 0.3) is 5.92 Å². The molecule has 0 radical (unpaired) electrons. The SMILES string of the molecule is Cc1nc(Cc2nc3cnc4ccc(Cl)cc4c3n2C2CCOCC2(F)F)no1. The van der Waals surface area contributed by atoms with Gasteiger partial charge in [-0.05, 0) is 24.6 Å². The van der Waals surface area contributed by atoms with Crippen molar-refractivity contribution in [1.29, 1.82) is 0 Å². The molecule has 1 saturated heterocycles. The molecule has 29 heavy (non-hydrogen) atoms. The van der Waals surface area contributed by atoms with E-state index in [-0.39, 0.29) is 19.4 Å². The van der Waals surface area contributed by atoms with Crippen LogP contribution in [0.1, 0.15) is 30.0 Å². The minimum atomic E-state index is -3.05. The number of aromatic nitrogens is 5. The number of halogens is 3. The molecule has 7 nitrogen and oxygen atoms in total. The zero-order chi connectivity index (χ0) is 20.2. The predicted octanol–water partition coefficient (Wildman–Crippen LogP) is 4.12. The van der Waals surface area contributed by atoms with Crippen molar-refractivity contribution in [3.05, 3.63) is 47.0 Å². The zero-order valence-electron chi connectivity index (χ0n) is 15.4. The van der Waals surface area contributed by atoms with Gasteiger partial charge in [0.2, 0.25) is 5.89 Å². The second-order valence-corrected chi connectivity index (χ2v) is 7.51. The predicted molar refractivity (Wildman–Crippen MR) is 101 cm³/mol. The van der Waals surface area contributed by atoms with E-state index < -0.39 is 18.6 Å². The van der Waals surface area contributed by atoms with Crippen LogP contribution in [-0.4, -0.2) is 43.8 Å². The Balaban J connectivity index is 1.79. The lowest BCUT2D eigenvalue weighted by atomic mass is 10.0. The van der Waals surface area contributed by atoms with Crippen LogP contribution >= 0.6 is 11.6 Å². The smallest absolute Gasteiger partial charge is 0.291 e. The Morgan fingerprint density at radius 1 is 1.28 bits per heavy atom. The van der Waals surface area contributed by atoms with E-state index >= 15 is 0 Å². The van der Waals surface area contributed by atoms with E-state index in [1.165, 1.54) is 0 Å². The average molecular weight is 420 g/mol. The molecule has 1 atom stereocenters. The minimum Gasteiger partial charge on any atom is -0.375 e. The third-order valence-corrected chi connectivity index (χ3v) is 5.30. The van der Waals surface area contributed by atoms with Crippen LogP contribution in [0.4, 0.5) is 8.78 Å². The van der Waals surface area contributed by atoms with E-state index in [2.05, 4.69) is 20.1 Å². The van der Waals surface area contributed by atoms with E-state index in [0.717, 1.165) is 0 Å². The van der Waals surface area contributed by atoms with Gasteiger partial charge >= 0.3 is 0 Å². The van der Waals surface area contributed by atoms with Crippen LogP contribution in [-0.2, 0) is 11.2 Å². The summed E-state index contributed by atoms with van der Waals surface area (Å²) in [5.41, 5.74) is 1.73. The molecule has 1 aliphatic rings. The van der Waals surface area contributed by atoms with Gasteiger partial charge in [-0.3, -0.25) is 4.98 Å². The summed E-state index contributed by atoms with van der Waals surface area (Å²) < 4.78 is 41.4. The minimum absolute atomic E-state index is 0.154. The third kappa shape index (κ3) is 3.14. The summed E-state index contributed by atoms with van der Waals surface area (Å²) in [7, 11) is 0. The molecule has 5 rings (SSSR count). The van der Waals surface area contributed by atoms with Crippen molar-refractivity contribution in [3.63, 3.8) is 0 Å². The highest BCUT2D eigenvalue weighted by atomic mass is 35.5. The summed E-state index contributed by atoms with van der Waals surface area (Å²) in [5, 5.41) is 5.05. The number of imidazole rings is 1. The average Bonchev–Trinajstić information content (AvgIpc) is 3.25. The lowest BCUT2D eigenvalue weighted by molar-refractivity contribution is -0.147. The molecule has 150 valence electrons. The number of alkyl halides is 2. The van der Waals surface area contributed by atoms with E-state index in [1.54, 1.807) is 35.9 Å². The fraction of sp³-hybridized carbons (Fsp3) is 0.368. The van der Waals surface area contributed by atoms with Crippen LogP contribution in [0.25, 0.3) is 21.9 Å². The summed E-state index contributed by atoms with van der Waals surface area (Å²) in [5.74, 6) is -1.86. The number of ether oxygens (including phenoxy) is 1. The first-order chi connectivity index (χ1) is 13.9. The number of fused-ring (bicyclic) bond motifs is 3. The maximum absolute atomic E-state index is 14.9. The molecule has 1 aliphatic heterocycles. The number of benzene rings is 1. The van der Waals surface area contributed by atoms with Gasteiger partial charge < -0.3 is 13.8 Å². The number of pyridine rings is 1. The normalized spacial score (nSPS) is 19.2. The van der Waals surface area contributed by atoms with Gasteiger partial charge in [0, 0.05) is 23.9 Å². The lowest BCUT2D eigenvalue weighted by Gasteiger charge is -2.33. The van der Waals surface area contributed by atoms with E-state index in [0.29, 0.717) is 44.5 Å². The molecule has 0 N–H and O–H groups in total. The summed E-state index contributed by atoms with van der Waals surface area (Å²) in [6.07, 6.45) is 1.90. The monoisotopic (exact) mass is 419 g/mol. The van der Waals surface area contributed by atoms with Crippen LogP contribution < -0.4 is 0 Å². The Hall–Kier alpha value is -2.65. The highest BCUT2D eigenvalue weighted by molar-refractivity contribution is 6.31. The maximum atomic E-state index is 14.9. The van der Waals surface area contributed by atoms with Crippen LogP contribution in [0.5, 0.6) is 0 Å². The van der Waals surface area contributed by atoms with Gasteiger partial charge in [0.1, 0.15) is 24.0 Å². The van der Waals surface area contributed by atoms with Crippen LogP contribution in [0.3, 0.4) is 0 Å². The highest BCUT2D eigenvalue weighted by Gasteiger charge is 2.45. The number of rotatable bonds is 3. The molecule has 0 bridgehead atoms.